The lowest BCUT2D eigenvalue weighted by Gasteiger charge is -2.26. The molecule has 1 amide bonds. The molecule has 0 aromatic heterocycles. The van der Waals surface area contributed by atoms with E-state index in [1.54, 1.807) is 42.5 Å². The van der Waals surface area contributed by atoms with Gasteiger partial charge in [-0.15, -0.1) is 0 Å². The van der Waals surface area contributed by atoms with Crippen molar-refractivity contribution in [1.82, 2.24) is 0 Å². The van der Waals surface area contributed by atoms with E-state index in [0.717, 1.165) is 11.1 Å². The highest BCUT2D eigenvalue weighted by Crippen LogP contribution is 2.44. The third kappa shape index (κ3) is 4.07. The van der Waals surface area contributed by atoms with Crippen molar-refractivity contribution in [3.8, 4) is 17.2 Å². The van der Waals surface area contributed by atoms with Crippen LogP contribution in [-0.2, 0) is 14.4 Å². The van der Waals surface area contributed by atoms with Gasteiger partial charge in [0, 0.05) is 18.2 Å². The van der Waals surface area contributed by atoms with E-state index < -0.39 is 23.7 Å². The summed E-state index contributed by atoms with van der Waals surface area (Å²) in [6.45, 7) is 5.17. The number of amides is 1. The normalized spacial score (nSPS) is 18.0. The molecule has 3 aromatic rings. The summed E-state index contributed by atoms with van der Waals surface area (Å²) in [6.07, 6.45) is 0. The molecule has 2 heterocycles. The second-order valence-electron chi connectivity index (χ2n) is 8.75. The minimum absolute atomic E-state index is 0.0572. The van der Waals surface area contributed by atoms with E-state index in [-0.39, 0.29) is 18.1 Å². The van der Waals surface area contributed by atoms with Crippen LogP contribution in [0.1, 0.15) is 35.2 Å². The predicted octanol–water partition coefficient (Wildman–Crippen LogP) is 4.58. The van der Waals surface area contributed by atoms with Crippen LogP contribution in [0.5, 0.6) is 17.2 Å². The van der Waals surface area contributed by atoms with Gasteiger partial charge in [0.05, 0.1) is 11.6 Å². The average molecular weight is 485 g/mol. The number of ketones is 1. The summed E-state index contributed by atoms with van der Waals surface area (Å²) in [5.74, 6) is -1.07. The summed E-state index contributed by atoms with van der Waals surface area (Å²) < 4.78 is 15.9. The highest BCUT2D eigenvalue weighted by atomic mass is 16.7. The molecule has 0 bridgehead atoms. The lowest BCUT2D eigenvalue weighted by molar-refractivity contribution is -0.132. The van der Waals surface area contributed by atoms with E-state index in [9.17, 15) is 19.5 Å². The number of rotatable bonds is 4. The quantitative estimate of drug-likeness (QED) is 0.190. The molecular formula is C28H23NO7. The van der Waals surface area contributed by atoms with Crippen molar-refractivity contribution in [2.45, 2.75) is 26.8 Å². The van der Waals surface area contributed by atoms with E-state index in [1.807, 2.05) is 32.0 Å². The molecule has 1 unspecified atom stereocenters. The van der Waals surface area contributed by atoms with Gasteiger partial charge in [-0.2, -0.15) is 0 Å². The smallest absolute Gasteiger partial charge is 0.308 e. The molecule has 182 valence electrons. The monoisotopic (exact) mass is 485 g/mol. The number of esters is 1. The van der Waals surface area contributed by atoms with Gasteiger partial charge in [0.2, 0.25) is 6.79 Å². The standard InChI is InChI=1S/C28H23NO7/c1-15-10-16(2)12-20(11-15)29-25(18-4-7-21(8-5-18)36-17(3)30)24(27(32)28(29)33)26(31)19-6-9-22-23(13-19)35-14-34-22/h4-13,25,31H,14H2,1-3H3/b26-24-. The fraction of sp³-hybridized carbons (Fsp3) is 0.179. The molecule has 0 saturated carbocycles. The molecule has 5 rings (SSSR count). The molecule has 0 radical (unpaired) electrons. The van der Waals surface area contributed by atoms with E-state index in [0.29, 0.717) is 34.1 Å². The number of ether oxygens (including phenoxy) is 3. The SMILES string of the molecule is CC(=O)Oc1ccc(C2/C(=C(/O)c3ccc4c(c3)OCO4)C(=O)C(=O)N2c2cc(C)cc(C)c2)cc1. The van der Waals surface area contributed by atoms with Crippen LogP contribution < -0.4 is 19.1 Å². The van der Waals surface area contributed by atoms with Gasteiger partial charge in [0.15, 0.2) is 11.5 Å². The minimum atomic E-state index is -0.914. The molecule has 8 nitrogen and oxygen atoms in total. The van der Waals surface area contributed by atoms with Crippen LogP contribution in [0.3, 0.4) is 0 Å². The number of benzene rings is 3. The number of Topliss-reactive ketones (excluding diaryl/α,β-unsaturated/α-hetero) is 1. The largest absolute Gasteiger partial charge is 0.507 e. The first-order chi connectivity index (χ1) is 17.2. The van der Waals surface area contributed by atoms with Crippen LogP contribution in [0.2, 0.25) is 0 Å². The first kappa shape index (κ1) is 23.2. The van der Waals surface area contributed by atoms with Gasteiger partial charge in [0.1, 0.15) is 11.5 Å². The molecular weight excluding hydrogens is 462 g/mol. The number of anilines is 1. The second kappa shape index (κ2) is 8.88. The van der Waals surface area contributed by atoms with Crippen LogP contribution in [0.4, 0.5) is 5.69 Å². The van der Waals surface area contributed by atoms with Crippen LogP contribution in [0.15, 0.2) is 66.2 Å². The van der Waals surface area contributed by atoms with Gasteiger partial charge in [0.25, 0.3) is 11.7 Å². The summed E-state index contributed by atoms with van der Waals surface area (Å²) in [6, 6.07) is 16.0. The van der Waals surface area contributed by atoms with Crippen LogP contribution >= 0.6 is 0 Å². The second-order valence-corrected chi connectivity index (χ2v) is 8.75. The van der Waals surface area contributed by atoms with Crippen molar-refractivity contribution in [3.63, 3.8) is 0 Å². The predicted molar refractivity (Wildman–Crippen MR) is 131 cm³/mol. The van der Waals surface area contributed by atoms with Crippen molar-refractivity contribution in [3.05, 3.63) is 88.5 Å². The van der Waals surface area contributed by atoms with Crippen molar-refractivity contribution < 1.29 is 33.7 Å². The number of hydrogen-bond donors (Lipinski definition) is 1. The Balaban J connectivity index is 1.68. The summed E-state index contributed by atoms with van der Waals surface area (Å²) >= 11 is 0. The highest BCUT2D eigenvalue weighted by molar-refractivity contribution is 6.51. The van der Waals surface area contributed by atoms with E-state index in [1.165, 1.54) is 11.8 Å². The third-order valence-electron chi connectivity index (χ3n) is 6.03. The number of fused-ring (bicyclic) bond motifs is 1. The van der Waals surface area contributed by atoms with Crippen molar-refractivity contribution in [2.24, 2.45) is 0 Å². The molecule has 2 aliphatic rings. The Morgan fingerprint density at radius 2 is 1.61 bits per heavy atom. The summed E-state index contributed by atoms with van der Waals surface area (Å²) in [4.78, 5) is 39.5. The molecule has 0 aliphatic carbocycles. The van der Waals surface area contributed by atoms with Crippen LogP contribution in [0.25, 0.3) is 5.76 Å². The number of nitrogens with zero attached hydrogens (tertiary/aromatic N) is 1. The van der Waals surface area contributed by atoms with Crippen molar-refractivity contribution in [1.29, 1.82) is 0 Å². The molecule has 36 heavy (non-hydrogen) atoms. The highest BCUT2D eigenvalue weighted by Gasteiger charge is 2.47. The Morgan fingerprint density at radius 1 is 0.944 bits per heavy atom. The molecule has 3 aromatic carbocycles. The zero-order chi connectivity index (χ0) is 25.6. The summed E-state index contributed by atoms with van der Waals surface area (Å²) in [5.41, 5.74) is 3.20. The number of aliphatic hydroxyl groups is 1. The van der Waals surface area contributed by atoms with E-state index in [2.05, 4.69) is 0 Å². The molecule has 1 atom stereocenters. The van der Waals surface area contributed by atoms with Gasteiger partial charge in [-0.1, -0.05) is 18.2 Å². The van der Waals surface area contributed by atoms with Crippen LogP contribution in [0, 0.1) is 13.8 Å². The maximum absolute atomic E-state index is 13.4. The summed E-state index contributed by atoms with van der Waals surface area (Å²) in [5, 5.41) is 11.3. The first-order valence-corrected chi connectivity index (χ1v) is 11.3. The fourth-order valence-corrected chi connectivity index (χ4v) is 4.59. The minimum Gasteiger partial charge on any atom is -0.507 e. The lowest BCUT2D eigenvalue weighted by atomic mass is 9.94. The number of carbonyl (C=O) groups excluding carboxylic acids is 3. The number of aryl methyl sites for hydroxylation is 2. The zero-order valence-electron chi connectivity index (χ0n) is 19.9. The number of carbonyl (C=O) groups is 3. The average Bonchev–Trinajstić information content (AvgIpc) is 3.40. The van der Waals surface area contributed by atoms with Crippen LogP contribution in [-0.4, -0.2) is 29.6 Å². The fourth-order valence-electron chi connectivity index (χ4n) is 4.59. The topological polar surface area (TPSA) is 102 Å². The molecule has 1 fully saturated rings. The first-order valence-electron chi connectivity index (χ1n) is 11.3. The summed E-state index contributed by atoms with van der Waals surface area (Å²) in [7, 11) is 0. The Morgan fingerprint density at radius 3 is 2.28 bits per heavy atom. The van der Waals surface area contributed by atoms with E-state index >= 15 is 0 Å². The van der Waals surface area contributed by atoms with E-state index in [4.69, 9.17) is 14.2 Å². The van der Waals surface area contributed by atoms with Gasteiger partial charge >= 0.3 is 5.97 Å². The van der Waals surface area contributed by atoms with Gasteiger partial charge < -0.3 is 19.3 Å². The Hall–Kier alpha value is -4.59. The van der Waals surface area contributed by atoms with Gasteiger partial charge in [-0.3, -0.25) is 19.3 Å². The lowest BCUT2D eigenvalue weighted by Crippen LogP contribution is -2.29. The maximum Gasteiger partial charge on any atom is 0.308 e. The molecule has 1 saturated heterocycles. The molecule has 2 aliphatic heterocycles. The Labute approximate surface area is 207 Å². The maximum atomic E-state index is 13.4. The molecule has 1 N–H and O–H groups in total. The third-order valence-corrected chi connectivity index (χ3v) is 6.03. The van der Waals surface area contributed by atoms with Crippen molar-refractivity contribution in [2.75, 3.05) is 11.7 Å². The Bertz CT molecular complexity index is 1420. The molecule has 8 heteroatoms. The van der Waals surface area contributed by atoms with Crippen molar-refractivity contribution >= 4 is 29.1 Å². The van der Waals surface area contributed by atoms with Gasteiger partial charge in [-0.25, -0.2) is 0 Å². The van der Waals surface area contributed by atoms with Gasteiger partial charge in [-0.05, 0) is 73.0 Å². The number of hydrogen-bond acceptors (Lipinski definition) is 7. The Kier molecular flexibility index (Phi) is 5.72. The number of aliphatic hydroxyl groups excluding tert-OH is 1. The zero-order valence-corrected chi connectivity index (χ0v) is 19.9. The molecule has 0 spiro atoms.